The van der Waals surface area contributed by atoms with E-state index in [9.17, 15) is 38.4 Å². The van der Waals surface area contributed by atoms with Crippen LogP contribution < -0.4 is 27.0 Å². The molecule has 0 spiro atoms. The van der Waals surface area contributed by atoms with Crippen LogP contribution >= 0.6 is 0 Å². The second kappa shape index (κ2) is 25.1. The molecule has 3 heterocycles. The zero-order chi connectivity index (χ0) is 55.2. The standard InChI is InChI=1S/C59H92N8O9/c1-35(2)16-17-37(5)43-20-21-44-42-19-18-40-32-41(24-26-58(40,7)45(42)25-27-59(43,44)8)76-51(69)33-61-54(72)48-14-11-30-67(48)57(75)47(31-36(3)4)64-53(71)46(22-23-50(60)68)63-52(70)38(6)62-55(73)49-15-12-29-66(49)56(74)39-13-10-28-65(9)34-39/h10,18,28,34-38,41-49H,11-17,19-27,29-33H2,1-9H3,(H2,60,68)(H,61,72)(H,62,73)(H,63,70)(H,64,71)/t37-,38+,41-,42+,43-,44+,45+,46+,47+,48+,49+,58+,59-/m1/s1. The van der Waals surface area contributed by atoms with E-state index in [1.54, 1.807) is 11.1 Å². The summed E-state index contributed by atoms with van der Waals surface area (Å²) in [7, 11) is 1.82. The third-order valence-corrected chi connectivity index (χ3v) is 19.1. The lowest BCUT2D eigenvalue weighted by Crippen LogP contribution is -2.59. The molecule has 7 amide bonds. The summed E-state index contributed by atoms with van der Waals surface area (Å²) in [5.74, 6) is -0.0170. The van der Waals surface area contributed by atoms with Gasteiger partial charge in [0.15, 0.2) is 0 Å². The van der Waals surface area contributed by atoms with Gasteiger partial charge in [-0.15, -0.1) is 0 Å². The van der Waals surface area contributed by atoms with Crippen LogP contribution in [0.2, 0.25) is 0 Å². The Morgan fingerprint density at radius 3 is 2.14 bits per heavy atom. The molecule has 0 aromatic heterocycles. The summed E-state index contributed by atoms with van der Waals surface area (Å²) in [6.07, 6.45) is 21.3. The number of ether oxygens (including phenoxy) is 1. The highest BCUT2D eigenvalue weighted by atomic mass is 16.5. The van der Waals surface area contributed by atoms with E-state index in [1.165, 1.54) is 60.8 Å². The van der Waals surface area contributed by atoms with Crippen molar-refractivity contribution in [1.29, 1.82) is 0 Å². The topological polar surface area (TPSA) is 230 Å². The Morgan fingerprint density at radius 2 is 1.46 bits per heavy atom. The van der Waals surface area contributed by atoms with Crippen LogP contribution in [0.1, 0.15) is 171 Å². The number of nitrogens with two attached hydrogens (primary N) is 1. The Balaban J connectivity index is 0.904. The zero-order valence-electron chi connectivity index (χ0n) is 47.3. The third-order valence-electron chi connectivity index (χ3n) is 19.1. The van der Waals surface area contributed by atoms with E-state index < -0.39 is 71.6 Å². The lowest BCUT2D eigenvalue weighted by Gasteiger charge is -2.58. The number of nitrogens with one attached hydrogen (secondary N) is 4. The normalized spacial score (nSPS) is 30.5. The molecule has 4 aliphatic carbocycles. The van der Waals surface area contributed by atoms with Gasteiger partial charge in [0.05, 0.1) is 0 Å². The van der Waals surface area contributed by atoms with Gasteiger partial charge in [0.1, 0.15) is 42.9 Å². The van der Waals surface area contributed by atoms with Gasteiger partial charge < -0.3 is 46.4 Å². The molecule has 422 valence electrons. The fraction of sp³-hybridized carbons (Fsp3) is 0.763. The van der Waals surface area contributed by atoms with E-state index >= 15 is 0 Å². The molecule has 13 atom stereocenters. The van der Waals surface area contributed by atoms with Gasteiger partial charge in [-0.25, -0.2) is 0 Å². The number of allylic oxidation sites excluding steroid dienone is 2. The Kier molecular flexibility index (Phi) is 19.3. The maximum atomic E-state index is 14.4. The SMILES string of the molecule is CC(C)CC[C@@H](C)[C@H]1CC[C@H]2[C@@H]3CC=C4C[C@H](OC(=O)CNC(=O)[C@@H]5CCCN5C(=O)[C@H](CC(C)C)NC(=O)[C@H](CCC(N)=O)NC(=O)[C@H](C)NC(=O)[C@@H]5CCCN5C(=O)C5=CN(C)C=CC5)CC[C@]4(C)[C@H]3CC[C@]12C. The molecule has 6 N–H and O–H groups in total. The molecule has 17 heteroatoms. The average Bonchev–Trinajstić information content (AvgIpc) is 4.21. The number of esters is 1. The fourth-order valence-corrected chi connectivity index (χ4v) is 15.0. The first-order chi connectivity index (χ1) is 36.0. The smallest absolute Gasteiger partial charge is 0.325 e. The summed E-state index contributed by atoms with van der Waals surface area (Å²) in [5, 5.41) is 10.9. The number of carbonyl (C=O) groups is 8. The minimum Gasteiger partial charge on any atom is -0.461 e. The second-order valence-corrected chi connectivity index (χ2v) is 25.3. The van der Waals surface area contributed by atoms with Crippen molar-refractivity contribution in [2.24, 2.45) is 58.0 Å². The molecule has 7 aliphatic rings. The number of likely N-dealkylation sites (tertiary alicyclic amines) is 2. The first-order valence-electron chi connectivity index (χ1n) is 29.1. The van der Waals surface area contributed by atoms with Crippen molar-refractivity contribution in [2.45, 2.75) is 207 Å². The van der Waals surface area contributed by atoms with Crippen molar-refractivity contribution in [1.82, 2.24) is 36.0 Å². The molecular formula is C59H92N8O9. The zero-order valence-corrected chi connectivity index (χ0v) is 47.3. The molecule has 0 aromatic carbocycles. The van der Waals surface area contributed by atoms with Gasteiger partial charge in [0.2, 0.25) is 35.4 Å². The van der Waals surface area contributed by atoms with Crippen molar-refractivity contribution >= 4 is 47.3 Å². The molecule has 3 saturated carbocycles. The van der Waals surface area contributed by atoms with E-state index in [1.807, 2.05) is 33.2 Å². The number of carbonyl (C=O) groups excluding carboxylic acids is 8. The van der Waals surface area contributed by atoms with Gasteiger partial charge in [-0.1, -0.05) is 79.0 Å². The quantitative estimate of drug-likeness (QED) is 0.0649. The van der Waals surface area contributed by atoms with Gasteiger partial charge in [-0.05, 0) is 155 Å². The van der Waals surface area contributed by atoms with Gasteiger partial charge >= 0.3 is 5.97 Å². The van der Waals surface area contributed by atoms with Crippen LogP contribution in [0.5, 0.6) is 0 Å². The van der Waals surface area contributed by atoms with Crippen molar-refractivity contribution < 1.29 is 43.1 Å². The molecule has 0 radical (unpaired) electrons. The summed E-state index contributed by atoms with van der Waals surface area (Å²) in [5.41, 5.74) is 7.97. The maximum absolute atomic E-state index is 14.4. The van der Waals surface area contributed by atoms with Crippen molar-refractivity contribution in [3.8, 4) is 0 Å². The number of primary amides is 1. The Morgan fingerprint density at radius 1 is 0.763 bits per heavy atom. The molecule has 0 unspecified atom stereocenters. The summed E-state index contributed by atoms with van der Waals surface area (Å²) in [6.45, 7) is 17.8. The summed E-state index contributed by atoms with van der Waals surface area (Å²) < 4.78 is 6.06. The highest BCUT2D eigenvalue weighted by Crippen LogP contribution is 2.67. The van der Waals surface area contributed by atoms with Gasteiger partial charge in [-0.3, -0.25) is 38.4 Å². The average molecular weight is 1060 g/mol. The first kappa shape index (κ1) is 58.5. The van der Waals surface area contributed by atoms with E-state index in [0.29, 0.717) is 67.9 Å². The Hall–Kier alpha value is -5.22. The van der Waals surface area contributed by atoms with Crippen molar-refractivity contribution in [3.63, 3.8) is 0 Å². The van der Waals surface area contributed by atoms with Crippen LogP contribution in [0.3, 0.4) is 0 Å². The molecule has 2 saturated heterocycles. The van der Waals surface area contributed by atoms with Crippen LogP contribution in [0.4, 0.5) is 0 Å². The first-order valence-corrected chi connectivity index (χ1v) is 29.1. The molecule has 76 heavy (non-hydrogen) atoms. The molecule has 0 aromatic rings. The minimum atomic E-state index is -1.31. The number of hydrogen-bond acceptors (Lipinski definition) is 10. The van der Waals surface area contributed by atoms with Gasteiger partial charge in [0.25, 0.3) is 5.91 Å². The van der Waals surface area contributed by atoms with Crippen molar-refractivity contribution in [2.75, 3.05) is 26.7 Å². The van der Waals surface area contributed by atoms with Crippen LogP contribution in [0.25, 0.3) is 0 Å². The number of amides is 7. The number of fused-ring (bicyclic) bond motifs is 5. The van der Waals surface area contributed by atoms with Crippen LogP contribution in [-0.4, -0.2) is 125 Å². The Labute approximate surface area is 452 Å². The van der Waals surface area contributed by atoms with E-state index in [-0.39, 0.29) is 55.7 Å². The Bertz CT molecular complexity index is 2280. The lowest BCUT2D eigenvalue weighted by molar-refractivity contribution is -0.152. The highest BCUT2D eigenvalue weighted by Gasteiger charge is 2.59. The van der Waals surface area contributed by atoms with Crippen LogP contribution in [-0.2, 0) is 43.1 Å². The number of nitrogens with zero attached hydrogens (tertiary/aromatic N) is 3. The summed E-state index contributed by atoms with van der Waals surface area (Å²) in [4.78, 5) is 113. The number of hydrogen-bond donors (Lipinski definition) is 5. The molecule has 0 bridgehead atoms. The molecule has 5 fully saturated rings. The molecule has 7 rings (SSSR count). The third kappa shape index (κ3) is 13.4. The van der Waals surface area contributed by atoms with Gasteiger partial charge in [0, 0.05) is 44.8 Å². The van der Waals surface area contributed by atoms with E-state index in [4.69, 9.17) is 10.5 Å². The van der Waals surface area contributed by atoms with Gasteiger partial charge in [-0.2, -0.15) is 0 Å². The summed E-state index contributed by atoms with van der Waals surface area (Å²) in [6, 6.07) is -5.19. The van der Waals surface area contributed by atoms with Crippen molar-refractivity contribution in [3.05, 3.63) is 35.7 Å². The van der Waals surface area contributed by atoms with Crippen LogP contribution in [0.15, 0.2) is 35.7 Å². The largest absolute Gasteiger partial charge is 0.461 e. The monoisotopic (exact) mass is 1060 g/mol. The number of rotatable bonds is 21. The second-order valence-electron chi connectivity index (χ2n) is 25.3. The molecule has 3 aliphatic heterocycles. The van der Waals surface area contributed by atoms with E-state index in [0.717, 1.165) is 42.9 Å². The maximum Gasteiger partial charge on any atom is 0.325 e. The predicted molar refractivity (Wildman–Crippen MR) is 290 cm³/mol. The molecular weight excluding hydrogens is 965 g/mol. The fourth-order valence-electron chi connectivity index (χ4n) is 15.0. The predicted octanol–water partition coefficient (Wildman–Crippen LogP) is 6.17. The van der Waals surface area contributed by atoms with E-state index in [2.05, 4.69) is 62.0 Å². The summed E-state index contributed by atoms with van der Waals surface area (Å²) >= 11 is 0. The highest BCUT2D eigenvalue weighted by molar-refractivity contribution is 5.99. The minimum absolute atomic E-state index is 0.0724. The van der Waals surface area contributed by atoms with Crippen LogP contribution in [0, 0.1) is 52.3 Å². The lowest BCUT2D eigenvalue weighted by atomic mass is 9.47. The molecule has 17 nitrogen and oxygen atoms in total.